The maximum atomic E-state index is 11.9. The van der Waals surface area contributed by atoms with Gasteiger partial charge in [-0.25, -0.2) is 0 Å². The molecule has 24 heavy (non-hydrogen) atoms. The Morgan fingerprint density at radius 1 is 1.21 bits per heavy atom. The molecule has 0 aliphatic carbocycles. The van der Waals surface area contributed by atoms with Crippen LogP contribution in [0.1, 0.15) is 11.1 Å². The summed E-state index contributed by atoms with van der Waals surface area (Å²) in [6.45, 7) is 0.432. The highest BCUT2D eigenvalue weighted by Gasteiger charge is 2.04. The molecule has 5 nitrogen and oxygen atoms in total. The number of carbonyl (C=O) groups excluding carboxylic acids is 1. The van der Waals surface area contributed by atoms with Crippen molar-refractivity contribution >= 4 is 12.0 Å². The summed E-state index contributed by atoms with van der Waals surface area (Å²) in [6, 6.07) is 16.8. The molecule has 1 N–H and O–H groups in total. The molecule has 2 rings (SSSR count). The molecule has 0 fully saturated rings. The van der Waals surface area contributed by atoms with Crippen molar-refractivity contribution in [1.29, 1.82) is 5.26 Å². The lowest BCUT2D eigenvalue weighted by Gasteiger charge is -2.08. The number of rotatable bonds is 7. The number of hydrogen-bond donors (Lipinski definition) is 1. The molecule has 0 heterocycles. The smallest absolute Gasteiger partial charge is 0.244 e. The molecule has 2 aromatic rings. The first kappa shape index (κ1) is 17.1. The van der Waals surface area contributed by atoms with Gasteiger partial charge in [-0.15, -0.1) is 0 Å². The second-order valence-electron chi connectivity index (χ2n) is 4.89. The second kappa shape index (κ2) is 9.01. The Morgan fingerprint density at radius 3 is 2.71 bits per heavy atom. The molecule has 0 aromatic heterocycles. The maximum absolute atomic E-state index is 11.9. The highest BCUT2D eigenvalue weighted by atomic mass is 16.5. The highest BCUT2D eigenvalue weighted by Crippen LogP contribution is 2.28. The van der Waals surface area contributed by atoms with Gasteiger partial charge in [0.15, 0.2) is 18.1 Å². The summed E-state index contributed by atoms with van der Waals surface area (Å²) in [5, 5.41) is 11.4. The third-order valence-corrected chi connectivity index (χ3v) is 3.22. The molecule has 0 unspecified atom stereocenters. The van der Waals surface area contributed by atoms with Gasteiger partial charge in [-0.2, -0.15) is 5.26 Å². The number of amides is 1. The summed E-state index contributed by atoms with van der Waals surface area (Å²) in [7, 11) is 1.52. The average Bonchev–Trinajstić information content (AvgIpc) is 2.64. The van der Waals surface area contributed by atoms with Gasteiger partial charge in [0.25, 0.3) is 0 Å². The Hall–Kier alpha value is -3.26. The van der Waals surface area contributed by atoms with Gasteiger partial charge in [0, 0.05) is 12.6 Å². The summed E-state index contributed by atoms with van der Waals surface area (Å²) < 4.78 is 10.5. The average molecular weight is 322 g/mol. The molecule has 5 heteroatoms. The standard InChI is InChI=1S/C19H18N2O3/c1-23-18-13-15(7-9-17(18)24-12-11-20)8-10-19(22)21-14-16-5-3-2-4-6-16/h2-10,13H,12,14H2,1H3,(H,21,22)/b10-8+. The molecule has 122 valence electrons. The zero-order chi connectivity index (χ0) is 17.2. The lowest BCUT2D eigenvalue weighted by atomic mass is 10.2. The van der Waals surface area contributed by atoms with Crippen LogP contribution < -0.4 is 14.8 Å². The fourth-order valence-electron chi connectivity index (χ4n) is 2.03. The summed E-state index contributed by atoms with van der Waals surface area (Å²) in [4.78, 5) is 11.9. The first-order valence-corrected chi connectivity index (χ1v) is 7.40. The van der Waals surface area contributed by atoms with Crippen LogP contribution in [0.25, 0.3) is 6.08 Å². The minimum atomic E-state index is -0.178. The molecule has 0 aliphatic rings. The van der Waals surface area contributed by atoms with E-state index in [1.54, 1.807) is 24.3 Å². The van der Waals surface area contributed by atoms with Crippen molar-refractivity contribution in [3.8, 4) is 17.6 Å². The van der Waals surface area contributed by atoms with Crippen molar-refractivity contribution in [2.24, 2.45) is 0 Å². The monoisotopic (exact) mass is 322 g/mol. The molecule has 2 aromatic carbocycles. The topological polar surface area (TPSA) is 71.3 Å². The van der Waals surface area contributed by atoms with Crippen LogP contribution in [0.3, 0.4) is 0 Å². The minimum absolute atomic E-state index is 0.0482. The van der Waals surface area contributed by atoms with Crippen molar-refractivity contribution < 1.29 is 14.3 Å². The predicted molar refractivity (Wildman–Crippen MR) is 91.4 cm³/mol. The highest BCUT2D eigenvalue weighted by molar-refractivity contribution is 5.91. The molecule has 0 saturated heterocycles. The van der Waals surface area contributed by atoms with E-state index in [0.29, 0.717) is 18.0 Å². The second-order valence-corrected chi connectivity index (χ2v) is 4.89. The van der Waals surface area contributed by atoms with Crippen LogP contribution in [-0.2, 0) is 11.3 Å². The van der Waals surface area contributed by atoms with Crippen molar-refractivity contribution in [2.45, 2.75) is 6.54 Å². The third-order valence-electron chi connectivity index (χ3n) is 3.22. The molecule has 1 amide bonds. The van der Waals surface area contributed by atoms with E-state index in [2.05, 4.69) is 5.32 Å². The number of ether oxygens (including phenoxy) is 2. The fourth-order valence-corrected chi connectivity index (χ4v) is 2.03. The molecule has 0 saturated carbocycles. The molecular formula is C19H18N2O3. The van der Waals surface area contributed by atoms with Crippen molar-refractivity contribution in [2.75, 3.05) is 13.7 Å². The minimum Gasteiger partial charge on any atom is -0.493 e. The van der Waals surface area contributed by atoms with E-state index in [1.165, 1.54) is 13.2 Å². The molecule has 0 atom stereocenters. The van der Waals surface area contributed by atoms with Crippen molar-refractivity contribution in [3.63, 3.8) is 0 Å². The van der Waals surface area contributed by atoms with Crippen LogP contribution in [0.5, 0.6) is 11.5 Å². The molecule has 0 spiro atoms. The van der Waals surface area contributed by atoms with Gasteiger partial charge in [0.05, 0.1) is 7.11 Å². The van der Waals surface area contributed by atoms with E-state index in [0.717, 1.165) is 11.1 Å². The van der Waals surface area contributed by atoms with Crippen molar-refractivity contribution in [1.82, 2.24) is 5.32 Å². The van der Waals surface area contributed by atoms with Gasteiger partial charge in [-0.05, 0) is 29.3 Å². The van der Waals surface area contributed by atoms with Gasteiger partial charge in [0.1, 0.15) is 6.07 Å². The van der Waals surface area contributed by atoms with Gasteiger partial charge in [-0.3, -0.25) is 4.79 Å². The SMILES string of the molecule is COc1cc(/C=C/C(=O)NCc2ccccc2)ccc1OCC#N. The number of benzene rings is 2. The Kier molecular flexibility index (Phi) is 6.42. The molecular weight excluding hydrogens is 304 g/mol. The Bertz CT molecular complexity index is 749. The first-order chi connectivity index (χ1) is 11.7. The number of methoxy groups -OCH3 is 1. The quantitative estimate of drug-likeness (QED) is 0.796. The summed E-state index contributed by atoms with van der Waals surface area (Å²) in [5.74, 6) is 0.824. The zero-order valence-electron chi connectivity index (χ0n) is 13.4. The van der Waals surface area contributed by atoms with Gasteiger partial charge in [0.2, 0.25) is 5.91 Å². The molecule has 0 bridgehead atoms. The van der Waals surface area contributed by atoms with Crippen LogP contribution in [0.4, 0.5) is 0 Å². The summed E-state index contributed by atoms with van der Waals surface area (Å²) >= 11 is 0. The van der Waals surface area contributed by atoms with Crippen LogP contribution in [0.2, 0.25) is 0 Å². The summed E-state index contributed by atoms with van der Waals surface area (Å²) in [6.07, 6.45) is 3.16. The predicted octanol–water partition coefficient (Wildman–Crippen LogP) is 2.93. The van der Waals surface area contributed by atoms with Crippen LogP contribution in [-0.4, -0.2) is 19.6 Å². The Balaban J connectivity index is 1.95. The number of nitrogens with one attached hydrogen (secondary N) is 1. The molecule has 0 aliphatic heterocycles. The van der Waals surface area contributed by atoms with E-state index in [9.17, 15) is 4.79 Å². The van der Waals surface area contributed by atoms with Crippen LogP contribution in [0.15, 0.2) is 54.6 Å². The van der Waals surface area contributed by atoms with E-state index in [4.69, 9.17) is 14.7 Å². The van der Waals surface area contributed by atoms with Gasteiger partial charge < -0.3 is 14.8 Å². The van der Waals surface area contributed by atoms with Gasteiger partial charge >= 0.3 is 0 Å². The molecule has 0 radical (unpaired) electrons. The van der Waals surface area contributed by atoms with E-state index in [-0.39, 0.29) is 12.5 Å². The number of nitrogens with zero attached hydrogens (tertiary/aromatic N) is 1. The normalized spacial score (nSPS) is 10.2. The lowest BCUT2D eigenvalue weighted by Crippen LogP contribution is -2.20. The Morgan fingerprint density at radius 2 is 2.00 bits per heavy atom. The first-order valence-electron chi connectivity index (χ1n) is 7.40. The largest absolute Gasteiger partial charge is 0.493 e. The number of hydrogen-bond acceptors (Lipinski definition) is 4. The van der Waals surface area contributed by atoms with Crippen molar-refractivity contribution in [3.05, 3.63) is 65.7 Å². The Labute approximate surface area is 141 Å². The van der Waals surface area contributed by atoms with Gasteiger partial charge in [-0.1, -0.05) is 36.4 Å². The zero-order valence-corrected chi connectivity index (χ0v) is 13.4. The summed E-state index contributed by atoms with van der Waals surface area (Å²) in [5.41, 5.74) is 1.84. The maximum Gasteiger partial charge on any atom is 0.244 e. The van der Waals surface area contributed by atoms with E-state index < -0.39 is 0 Å². The van der Waals surface area contributed by atoms with Crippen LogP contribution >= 0.6 is 0 Å². The lowest BCUT2D eigenvalue weighted by molar-refractivity contribution is -0.116. The fraction of sp³-hybridized carbons (Fsp3) is 0.158. The number of nitriles is 1. The number of carbonyl (C=O) groups is 1. The third kappa shape index (κ3) is 5.18. The van der Waals surface area contributed by atoms with E-state index >= 15 is 0 Å². The van der Waals surface area contributed by atoms with E-state index in [1.807, 2.05) is 36.4 Å². The van der Waals surface area contributed by atoms with Crippen LogP contribution in [0, 0.1) is 11.3 Å².